The Morgan fingerprint density at radius 1 is 1.08 bits per heavy atom. The standard InChI is InChI=1S/C20H34N4O/c1-17(2)25-16-19-9-7-18(8-10-19)15-23-20(21-3)22-11-14-24-12-5-4-6-13-24/h7-10,17H,4-6,11-16H2,1-3H3,(H2,21,22,23). The van der Waals surface area contributed by atoms with Gasteiger partial charge in [-0.05, 0) is 50.9 Å². The quantitative estimate of drug-likeness (QED) is 0.561. The number of piperidine rings is 1. The van der Waals surface area contributed by atoms with E-state index < -0.39 is 0 Å². The molecule has 0 unspecified atom stereocenters. The lowest BCUT2D eigenvalue weighted by atomic mass is 10.1. The SMILES string of the molecule is CN=C(NCCN1CCCCC1)NCc1ccc(COC(C)C)cc1. The molecular weight excluding hydrogens is 312 g/mol. The fourth-order valence-corrected chi connectivity index (χ4v) is 2.94. The molecule has 0 saturated carbocycles. The number of benzene rings is 1. The van der Waals surface area contributed by atoms with Crippen molar-refractivity contribution < 1.29 is 4.74 Å². The van der Waals surface area contributed by atoms with E-state index in [-0.39, 0.29) is 6.10 Å². The van der Waals surface area contributed by atoms with E-state index in [9.17, 15) is 0 Å². The molecule has 5 nitrogen and oxygen atoms in total. The van der Waals surface area contributed by atoms with Crippen LogP contribution in [0.5, 0.6) is 0 Å². The van der Waals surface area contributed by atoms with Crippen LogP contribution in [0.4, 0.5) is 0 Å². The molecule has 0 aliphatic carbocycles. The maximum Gasteiger partial charge on any atom is 0.191 e. The molecule has 5 heteroatoms. The number of likely N-dealkylation sites (tertiary alicyclic amines) is 1. The summed E-state index contributed by atoms with van der Waals surface area (Å²) in [7, 11) is 1.82. The Balaban J connectivity index is 1.67. The monoisotopic (exact) mass is 346 g/mol. The van der Waals surface area contributed by atoms with Gasteiger partial charge < -0.3 is 20.3 Å². The molecule has 0 bridgehead atoms. The van der Waals surface area contributed by atoms with E-state index in [1.54, 1.807) is 0 Å². The normalized spacial score (nSPS) is 16.2. The van der Waals surface area contributed by atoms with Crippen LogP contribution >= 0.6 is 0 Å². The summed E-state index contributed by atoms with van der Waals surface area (Å²) in [6.07, 6.45) is 4.33. The van der Waals surface area contributed by atoms with Gasteiger partial charge in [0.1, 0.15) is 0 Å². The van der Waals surface area contributed by atoms with Gasteiger partial charge in [-0.1, -0.05) is 30.7 Å². The van der Waals surface area contributed by atoms with Crippen LogP contribution in [0.2, 0.25) is 0 Å². The van der Waals surface area contributed by atoms with Gasteiger partial charge in [-0.15, -0.1) is 0 Å². The van der Waals surface area contributed by atoms with Crippen molar-refractivity contribution in [2.24, 2.45) is 4.99 Å². The molecular formula is C20H34N4O. The average molecular weight is 347 g/mol. The number of hydrogen-bond donors (Lipinski definition) is 2. The first-order chi connectivity index (χ1) is 12.2. The molecule has 0 aromatic heterocycles. The highest BCUT2D eigenvalue weighted by molar-refractivity contribution is 5.79. The van der Waals surface area contributed by atoms with Gasteiger partial charge >= 0.3 is 0 Å². The minimum atomic E-state index is 0.265. The van der Waals surface area contributed by atoms with Gasteiger partial charge in [0.25, 0.3) is 0 Å². The van der Waals surface area contributed by atoms with E-state index in [2.05, 4.69) is 58.6 Å². The zero-order chi connectivity index (χ0) is 17.9. The lowest BCUT2D eigenvalue weighted by molar-refractivity contribution is 0.0657. The highest BCUT2D eigenvalue weighted by Gasteiger charge is 2.09. The van der Waals surface area contributed by atoms with Gasteiger partial charge in [0.05, 0.1) is 12.7 Å². The van der Waals surface area contributed by atoms with Crippen molar-refractivity contribution in [2.75, 3.05) is 33.2 Å². The summed E-state index contributed by atoms with van der Waals surface area (Å²) in [6, 6.07) is 8.55. The van der Waals surface area contributed by atoms with Gasteiger partial charge in [-0.2, -0.15) is 0 Å². The molecule has 2 rings (SSSR count). The fraction of sp³-hybridized carbons (Fsp3) is 0.650. The molecule has 1 heterocycles. The Labute approximate surface area is 152 Å². The summed E-state index contributed by atoms with van der Waals surface area (Å²) in [5.41, 5.74) is 2.45. The summed E-state index contributed by atoms with van der Waals surface area (Å²) in [5, 5.41) is 6.79. The Morgan fingerprint density at radius 3 is 2.40 bits per heavy atom. The van der Waals surface area contributed by atoms with Crippen molar-refractivity contribution in [2.45, 2.75) is 52.4 Å². The first kappa shape index (κ1) is 19.7. The van der Waals surface area contributed by atoms with Crippen molar-refractivity contribution >= 4 is 5.96 Å². The Bertz CT molecular complexity index is 507. The number of rotatable bonds is 8. The number of ether oxygens (including phenoxy) is 1. The smallest absolute Gasteiger partial charge is 0.191 e. The van der Waals surface area contributed by atoms with E-state index in [0.717, 1.165) is 25.6 Å². The Kier molecular flexibility index (Phi) is 8.77. The van der Waals surface area contributed by atoms with Crippen LogP contribution in [-0.2, 0) is 17.9 Å². The third kappa shape index (κ3) is 7.88. The van der Waals surface area contributed by atoms with E-state index in [1.165, 1.54) is 43.5 Å². The molecule has 1 aromatic rings. The zero-order valence-electron chi connectivity index (χ0n) is 16.1. The van der Waals surface area contributed by atoms with E-state index in [0.29, 0.717) is 6.61 Å². The van der Waals surface area contributed by atoms with Crippen LogP contribution in [0.25, 0.3) is 0 Å². The fourth-order valence-electron chi connectivity index (χ4n) is 2.94. The third-order valence-corrected chi connectivity index (χ3v) is 4.46. The van der Waals surface area contributed by atoms with Gasteiger partial charge in [-0.25, -0.2) is 0 Å². The lowest BCUT2D eigenvalue weighted by Crippen LogP contribution is -2.42. The molecule has 1 fully saturated rings. The second-order valence-corrected chi connectivity index (χ2v) is 6.93. The van der Waals surface area contributed by atoms with Crippen LogP contribution in [-0.4, -0.2) is 50.2 Å². The highest BCUT2D eigenvalue weighted by Crippen LogP contribution is 2.08. The van der Waals surface area contributed by atoms with Crippen molar-refractivity contribution in [3.63, 3.8) is 0 Å². The second kappa shape index (κ2) is 11.1. The van der Waals surface area contributed by atoms with E-state index in [1.807, 2.05) is 7.05 Å². The molecule has 25 heavy (non-hydrogen) atoms. The maximum atomic E-state index is 5.63. The first-order valence-electron chi connectivity index (χ1n) is 9.53. The van der Waals surface area contributed by atoms with Crippen molar-refractivity contribution in [3.05, 3.63) is 35.4 Å². The summed E-state index contributed by atoms with van der Waals surface area (Å²) in [6.45, 7) is 10.1. The van der Waals surface area contributed by atoms with E-state index in [4.69, 9.17) is 4.74 Å². The number of nitrogens with zero attached hydrogens (tertiary/aromatic N) is 2. The zero-order valence-corrected chi connectivity index (χ0v) is 16.1. The highest BCUT2D eigenvalue weighted by atomic mass is 16.5. The Hall–Kier alpha value is -1.59. The largest absolute Gasteiger partial charge is 0.374 e. The molecule has 1 aromatic carbocycles. The molecule has 1 saturated heterocycles. The molecule has 140 valence electrons. The van der Waals surface area contributed by atoms with Crippen LogP contribution in [0.3, 0.4) is 0 Å². The van der Waals surface area contributed by atoms with Gasteiger partial charge in [-0.3, -0.25) is 4.99 Å². The predicted molar refractivity (Wildman–Crippen MR) is 105 cm³/mol. The van der Waals surface area contributed by atoms with Crippen LogP contribution in [0.1, 0.15) is 44.2 Å². The van der Waals surface area contributed by atoms with Crippen molar-refractivity contribution in [1.29, 1.82) is 0 Å². The average Bonchev–Trinajstić information content (AvgIpc) is 2.64. The maximum absolute atomic E-state index is 5.63. The molecule has 0 atom stereocenters. The van der Waals surface area contributed by atoms with Gasteiger partial charge in [0.15, 0.2) is 5.96 Å². The predicted octanol–water partition coefficient (Wildman–Crippen LogP) is 2.76. The van der Waals surface area contributed by atoms with E-state index >= 15 is 0 Å². The molecule has 1 aliphatic heterocycles. The minimum Gasteiger partial charge on any atom is -0.374 e. The molecule has 0 spiro atoms. The minimum absolute atomic E-state index is 0.265. The third-order valence-electron chi connectivity index (χ3n) is 4.46. The van der Waals surface area contributed by atoms with Gasteiger partial charge in [0.2, 0.25) is 0 Å². The topological polar surface area (TPSA) is 48.9 Å². The van der Waals surface area contributed by atoms with Crippen LogP contribution in [0.15, 0.2) is 29.3 Å². The summed E-state index contributed by atoms with van der Waals surface area (Å²) < 4.78 is 5.63. The molecule has 2 N–H and O–H groups in total. The number of hydrogen-bond acceptors (Lipinski definition) is 3. The molecule has 0 radical (unpaired) electrons. The number of guanidine groups is 1. The first-order valence-corrected chi connectivity index (χ1v) is 9.53. The summed E-state index contributed by atoms with van der Waals surface area (Å²) >= 11 is 0. The van der Waals surface area contributed by atoms with Gasteiger partial charge in [0, 0.05) is 26.7 Å². The molecule has 1 aliphatic rings. The van der Waals surface area contributed by atoms with Crippen molar-refractivity contribution in [1.82, 2.24) is 15.5 Å². The molecule has 0 amide bonds. The lowest BCUT2D eigenvalue weighted by Gasteiger charge is -2.26. The van der Waals surface area contributed by atoms with Crippen molar-refractivity contribution in [3.8, 4) is 0 Å². The number of nitrogens with one attached hydrogen (secondary N) is 2. The summed E-state index contributed by atoms with van der Waals surface area (Å²) in [5.74, 6) is 0.865. The van der Waals surface area contributed by atoms with Crippen LogP contribution < -0.4 is 10.6 Å². The second-order valence-electron chi connectivity index (χ2n) is 6.93. The summed E-state index contributed by atoms with van der Waals surface area (Å²) in [4.78, 5) is 6.84. The van der Waals surface area contributed by atoms with Crippen LogP contribution in [0, 0.1) is 0 Å². The number of aliphatic imine (C=N–C) groups is 1. The Morgan fingerprint density at radius 2 is 1.76 bits per heavy atom.